The number of non-ortho nitro benzene ring substituents is 1. The Balaban J connectivity index is 2.13. The summed E-state index contributed by atoms with van der Waals surface area (Å²) in [6.07, 6.45) is -1.22. The number of nitro groups is 1. The highest BCUT2D eigenvalue weighted by molar-refractivity contribution is 6.49. The molecule has 0 aromatic heterocycles. The smallest absolute Gasteiger partial charge is 0.339 e. The lowest BCUT2D eigenvalue weighted by Gasteiger charge is -2.26. The second-order valence-corrected chi connectivity index (χ2v) is 5.65. The second kappa shape index (κ2) is 7.45. The molecule has 0 amide bonds. The van der Waals surface area contributed by atoms with Gasteiger partial charge >= 0.3 is 5.97 Å². The maximum absolute atomic E-state index is 12.9. The van der Waals surface area contributed by atoms with Crippen LogP contribution in [-0.4, -0.2) is 45.5 Å². The fraction of sp³-hybridized carbons (Fsp3) is 0.167. The third-order valence-corrected chi connectivity index (χ3v) is 3.91. The molecule has 144 valence electrons. The predicted molar refractivity (Wildman–Crippen MR) is 95.6 cm³/mol. The number of fused-ring (bicyclic) bond motifs is 1. The van der Waals surface area contributed by atoms with Gasteiger partial charge in [0.2, 0.25) is 12.1 Å². The molecule has 10 heteroatoms. The van der Waals surface area contributed by atoms with Crippen molar-refractivity contribution in [3.8, 4) is 11.5 Å². The molecule has 1 aliphatic heterocycles. The van der Waals surface area contributed by atoms with E-state index >= 15 is 0 Å². The Bertz CT molecular complexity index is 1010. The van der Waals surface area contributed by atoms with Crippen LogP contribution in [0.3, 0.4) is 0 Å². The van der Waals surface area contributed by atoms with Gasteiger partial charge in [-0.25, -0.2) is 9.79 Å². The highest BCUT2D eigenvalue weighted by Gasteiger charge is 2.35. The Kier molecular flexibility index (Phi) is 5.05. The van der Waals surface area contributed by atoms with Crippen molar-refractivity contribution >= 4 is 28.8 Å². The topological polar surface area (TPSA) is 149 Å². The van der Waals surface area contributed by atoms with Crippen LogP contribution in [-0.2, 0) is 4.74 Å². The van der Waals surface area contributed by atoms with E-state index in [2.05, 4.69) is 4.99 Å². The Morgan fingerprint density at radius 2 is 2.11 bits per heavy atom. The van der Waals surface area contributed by atoms with E-state index in [0.717, 1.165) is 6.07 Å². The van der Waals surface area contributed by atoms with Crippen LogP contribution in [0.4, 0.5) is 11.4 Å². The van der Waals surface area contributed by atoms with Crippen LogP contribution in [0.5, 0.6) is 11.5 Å². The van der Waals surface area contributed by atoms with Crippen LogP contribution in [0.15, 0.2) is 41.4 Å². The van der Waals surface area contributed by atoms with Gasteiger partial charge in [0.25, 0.3) is 5.69 Å². The van der Waals surface area contributed by atoms with E-state index in [0.29, 0.717) is 0 Å². The third-order valence-electron chi connectivity index (χ3n) is 3.91. The molecular weight excluding hydrogens is 372 g/mol. The summed E-state index contributed by atoms with van der Waals surface area (Å²) in [5.41, 5.74) is -1.23. The number of benzene rings is 2. The molecule has 0 saturated heterocycles. The molecule has 3 rings (SSSR count). The molecule has 0 fully saturated rings. The summed E-state index contributed by atoms with van der Waals surface area (Å²) in [7, 11) is 0. The number of nitrogens with zero attached hydrogens (tertiary/aromatic N) is 2. The number of Topliss-reactive ketones (excluding diaryl/α,β-unsaturated/α-hetero) is 1. The number of ketones is 1. The summed E-state index contributed by atoms with van der Waals surface area (Å²) >= 11 is 0. The van der Waals surface area contributed by atoms with E-state index in [1.807, 2.05) is 0 Å². The molecule has 0 radical (unpaired) electrons. The number of phenols is 1. The number of para-hydroxylation sites is 1. The van der Waals surface area contributed by atoms with E-state index in [1.165, 1.54) is 30.3 Å². The number of ether oxygens (including phenoxy) is 2. The normalized spacial score (nSPS) is 17.1. The van der Waals surface area contributed by atoms with E-state index in [9.17, 15) is 24.8 Å². The lowest BCUT2D eigenvalue weighted by molar-refractivity contribution is -0.384. The molecule has 0 bridgehead atoms. The van der Waals surface area contributed by atoms with Crippen LogP contribution in [0.25, 0.3) is 0 Å². The molecule has 2 aromatic carbocycles. The Morgan fingerprint density at radius 1 is 1.36 bits per heavy atom. The summed E-state index contributed by atoms with van der Waals surface area (Å²) in [6, 6.07) is 7.39. The molecule has 2 aromatic rings. The van der Waals surface area contributed by atoms with Gasteiger partial charge in [-0.3, -0.25) is 14.9 Å². The first-order chi connectivity index (χ1) is 13.3. The zero-order chi connectivity index (χ0) is 20.4. The second-order valence-electron chi connectivity index (χ2n) is 5.65. The molecular formula is C18H14N2O8. The third kappa shape index (κ3) is 3.40. The lowest BCUT2D eigenvalue weighted by Crippen LogP contribution is -2.40. The Labute approximate surface area is 157 Å². The maximum atomic E-state index is 12.9. The average molecular weight is 386 g/mol. The fourth-order valence-electron chi connectivity index (χ4n) is 2.62. The highest BCUT2D eigenvalue weighted by Crippen LogP contribution is 2.34. The quantitative estimate of drug-likeness (QED) is 0.588. The van der Waals surface area contributed by atoms with Crippen LogP contribution in [0.2, 0.25) is 0 Å². The summed E-state index contributed by atoms with van der Waals surface area (Å²) in [4.78, 5) is 38.5. The number of aliphatic imine (C=N–C) groups is 1. The number of aromatic hydroxyl groups is 1. The average Bonchev–Trinajstić information content (AvgIpc) is 2.65. The predicted octanol–water partition coefficient (Wildman–Crippen LogP) is 2.71. The van der Waals surface area contributed by atoms with Gasteiger partial charge in [-0.05, 0) is 25.1 Å². The fourth-order valence-corrected chi connectivity index (χ4v) is 2.62. The van der Waals surface area contributed by atoms with Gasteiger partial charge in [-0.2, -0.15) is 0 Å². The van der Waals surface area contributed by atoms with Crippen molar-refractivity contribution in [2.45, 2.75) is 13.2 Å². The first-order valence-corrected chi connectivity index (χ1v) is 8.08. The van der Waals surface area contributed by atoms with Crippen LogP contribution in [0, 0.1) is 10.1 Å². The van der Waals surface area contributed by atoms with Crippen LogP contribution in [0.1, 0.15) is 27.6 Å². The Morgan fingerprint density at radius 3 is 2.75 bits per heavy atom. The zero-order valence-corrected chi connectivity index (χ0v) is 14.5. The zero-order valence-electron chi connectivity index (χ0n) is 14.5. The molecule has 10 nitrogen and oxygen atoms in total. The molecule has 0 aliphatic carbocycles. The SMILES string of the molecule is CCOC1Oc2ccc([N+](=O)[O-])cc2C(=O)C1=Nc1cccc(C(=O)O)c1O. The van der Waals surface area contributed by atoms with E-state index in [1.54, 1.807) is 6.92 Å². The monoisotopic (exact) mass is 386 g/mol. The standard InChI is InChI=1S/C18H14N2O8/c1-2-27-18-14(19-12-5-3-4-10(15(12)21)17(23)24)16(22)11-8-9(20(25)26)6-7-13(11)28-18/h3-8,18,21H,2H2,1H3,(H,23,24). The number of hydrogen-bond donors (Lipinski definition) is 2. The largest absolute Gasteiger partial charge is 0.505 e. The first kappa shape index (κ1) is 19.0. The lowest BCUT2D eigenvalue weighted by atomic mass is 10.0. The van der Waals surface area contributed by atoms with Gasteiger partial charge in [0.05, 0.1) is 10.5 Å². The van der Waals surface area contributed by atoms with Crippen molar-refractivity contribution in [1.29, 1.82) is 0 Å². The molecule has 1 unspecified atom stereocenters. The number of carboxylic acids is 1. The van der Waals surface area contributed by atoms with Gasteiger partial charge in [-0.15, -0.1) is 0 Å². The maximum Gasteiger partial charge on any atom is 0.339 e. The van der Waals surface area contributed by atoms with Crippen molar-refractivity contribution < 1.29 is 34.2 Å². The number of carbonyl (C=O) groups excluding carboxylic acids is 1. The van der Waals surface area contributed by atoms with Gasteiger partial charge in [-0.1, -0.05) is 6.07 Å². The van der Waals surface area contributed by atoms with Crippen molar-refractivity contribution in [3.05, 3.63) is 57.6 Å². The number of rotatable bonds is 5. The summed E-state index contributed by atoms with van der Waals surface area (Å²) < 4.78 is 11.0. The number of nitro benzene ring substituents is 1. The molecule has 1 atom stereocenters. The molecule has 0 spiro atoms. The molecule has 28 heavy (non-hydrogen) atoms. The van der Waals surface area contributed by atoms with E-state index < -0.39 is 34.3 Å². The highest BCUT2D eigenvalue weighted by atomic mass is 16.7. The minimum atomic E-state index is -1.37. The van der Waals surface area contributed by atoms with Gasteiger partial charge in [0, 0.05) is 18.7 Å². The van der Waals surface area contributed by atoms with Gasteiger partial charge in [0.15, 0.2) is 11.5 Å². The first-order valence-electron chi connectivity index (χ1n) is 8.08. The summed E-state index contributed by atoms with van der Waals surface area (Å²) in [5.74, 6) is -2.59. The minimum absolute atomic E-state index is 0.0854. The van der Waals surface area contributed by atoms with Crippen molar-refractivity contribution in [3.63, 3.8) is 0 Å². The van der Waals surface area contributed by atoms with Crippen molar-refractivity contribution in [1.82, 2.24) is 0 Å². The van der Waals surface area contributed by atoms with Crippen LogP contribution >= 0.6 is 0 Å². The molecule has 0 saturated carbocycles. The number of carboxylic acid groups (broad SMARTS) is 1. The Hall–Kier alpha value is -3.79. The van der Waals surface area contributed by atoms with Crippen molar-refractivity contribution in [2.24, 2.45) is 4.99 Å². The number of carbonyl (C=O) groups is 2. The van der Waals surface area contributed by atoms with E-state index in [-0.39, 0.29) is 35.0 Å². The van der Waals surface area contributed by atoms with Gasteiger partial charge in [0.1, 0.15) is 17.0 Å². The number of hydrogen-bond acceptors (Lipinski definition) is 8. The van der Waals surface area contributed by atoms with Gasteiger partial charge < -0.3 is 19.7 Å². The molecule has 1 aliphatic rings. The molecule has 2 N–H and O–H groups in total. The summed E-state index contributed by atoms with van der Waals surface area (Å²) in [5, 5.41) is 30.2. The van der Waals surface area contributed by atoms with E-state index in [4.69, 9.17) is 14.6 Å². The van der Waals surface area contributed by atoms with Crippen molar-refractivity contribution in [2.75, 3.05) is 6.61 Å². The summed E-state index contributed by atoms with van der Waals surface area (Å²) in [6.45, 7) is 1.83. The minimum Gasteiger partial charge on any atom is -0.505 e. The number of aromatic carboxylic acids is 1. The molecule has 1 heterocycles. The van der Waals surface area contributed by atoms with Crippen LogP contribution < -0.4 is 4.74 Å².